The van der Waals surface area contributed by atoms with Gasteiger partial charge in [0, 0.05) is 0 Å². The fourth-order valence-electron chi connectivity index (χ4n) is 0.183. The molecule has 2 nitrogen and oxygen atoms in total. The van der Waals surface area contributed by atoms with Crippen LogP contribution >= 0.6 is 0 Å². The van der Waals surface area contributed by atoms with Gasteiger partial charge in [-0.2, -0.15) is 0 Å². The van der Waals surface area contributed by atoms with Crippen molar-refractivity contribution in [2.45, 2.75) is 12.7 Å². The summed E-state index contributed by atoms with van der Waals surface area (Å²) in [5.41, 5.74) is 0. The van der Waals surface area contributed by atoms with E-state index in [1.165, 1.54) is 0 Å². The zero-order valence-electron chi connectivity index (χ0n) is 3.59. The van der Waals surface area contributed by atoms with E-state index in [-0.39, 0.29) is 0 Å². The summed E-state index contributed by atoms with van der Waals surface area (Å²) in [4.78, 5) is 0. The Bertz CT molecular complexity index is 30.0. The molecule has 1 radical (unpaired) electrons. The van der Waals surface area contributed by atoms with Gasteiger partial charge in [0.05, 0.1) is 0 Å². The maximum absolute atomic E-state index is 8.07. The lowest BCUT2D eigenvalue weighted by molar-refractivity contribution is 0.405. The van der Waals surface area contributed by atoms with Crippen molar-refractivity contribution >= 4 is 7.12 Å². The summed E-state index contributed by atoms with van der Waals surface area (Å²) < 4.78 is 0. The molecule has 0 aliphatic heterocycles. The minimum atomic E-state index is -1.16. The second-order valence-electron chi connectivity index (χ2n) is 1.12. The molecule has 0 heterocycles. The third-order valence-corrected chi connectivity index (χ3v) is 0.462. The average molecular weight is 86.9 g/mol. The summed E-state index contributed by atoms with van der Waals surface area (Å²) in [6.45, 7) is 3.41. The van der Waals surface area contributed by atoms with E-state index in [9.17, 15) is 0 Å². The van der Waals surface area contributed by atoms with Crippen LogP contribution in [0.3, 0.4) is 0 Å². The fraction of sp³-hybridized carbons (Fsp3) is 0.667. The molecule has 0 fully saturated rings. The summed E-state index contributed by atoms with van der Waals surface area (Å²) in [6, 6.07) is 0. The minimum Gasteiger partial charge on any atom is -0.427 e. The Hall–Kier alpha value is -0.0151. The molecule has 0 aliphatic carbocycles. The van der Waals surface area contributed by atoms with Gasteiger partial charge in [0.15, 0.2) is 0 Å². The molecule has 0 aromatic carbocycles. The summed E-state index contributed by atoms with van der Waals surface area (Å²) in [6.07, 6.45) is 0.956. The first kappa shape index (κ1) is 5.98. The third kappa shape index (κ3) is 3.98. The van der Waals surface area contributed by atoms with Crippen LogP contribution in [-0.2, 0) is 0 Å². The van der Waals surface area contributed by atoms with Crippen molar-refractivity contribution in [3.8, 4) is 0 Å². The monoisotopic (exact) mass is 87.1 g/mol. The lowest BCUT2D eigenvalue weighted by atomic mass is 9.85. The summed E-state index contributed by atoms with van der Waals surface area (Å²) in [5, 5.41) is 16.1. The first-order chi connectivity index (χ1) is 2.77. The molecule has 0 unspecified atom stereocenters. The Balaban J connectivity index is 2.63. The van der Waals surface area contributed by atoms with Crippen LogP contribution < -0.4 is 0 Å². The van der Waals surface area contributed by atoms with Gasteiger partial charge >= 0.3 is 7.12 Å². The van der Waals surface area contributed by atoms with Crippen LogP contribution in [0, 0.1) is 6.92 Å². The maximum Gasteiger partial charge on any atom is 0.451 e. The molecular weight excluding hydrogens is 78.8 g/mol. The normalized spacial score (nSPS) is 8.50. The molecule has 2 N–H and O–H groups in total. The molecule has 6 heavy (non-hydrogen) atoms. The van der Waals surface area contributed by atoms with E-state index in [2.05, 4.69) is 6.92 Å². The van der Waals surface area contributed by atoms with Crippen molar-refractivity contribution < 1.29 is 10.0 Å². The number of hydrogen-bond acceptors (Lipinski definition) is 2. The highest BCUT2D eigenvalue weighted by molar-refractivity contribution is 6.40. The van der Waals surface area contributed by atoms with E-state index in [1.54, 1.807) is 0 Å². The summed E-state index contributed by atoms with van der Waals surface area (Å²) in [7, 11) is -1.16. The molecule has 0 spiro atoms. The van der Waals surface area contributed by atoms with Crippen molar-refractivity contribution in [2.75, 3.05) is 0 Å². The molecule has 0 amide bonds. The first-order valence-corrected chi connectivity index (χ1v) is 1.92. The van der Waals surface area contributed by atoms with E-state index in [0.29, 0.717) is 12.7 Å². The summed E-state index contributed by atoms with van der Waals surface area (Å²) in [5.74, 6) is 0. The molecule has 0 saturated carbocycles. The topological polar surface area (TPSA) is 40.5 Å². The second kappa shape index (κ2) is 3.19. The summed E-state index contributed by atoms with van der Waals surface area (Å²) >= 11 is 0. The van der Waals surface area contributed by atoms with Crippen molar-refractivity contribution in [1.29, 1.82) is 0 Å². The molecule has 3 heteroatoms. The predicted molar refractivity (Wildman–Crippen MR) is 25.0 cm³/mol. The van der Waals surface area contributed by atoms with Gasteiger partial charge in [-0.05, 0) is 6.32 Å². The quantitative estimate of drug-likeness (QED) is 0.453. The third-order valence-electron chi connectivity index (χ3n) is 0.462. The highest BCUT2D eigenvalue weighted by Gasteiger charge is 2.00. The number of hydrogen-bond donors (Lipinski definition) is 2. The molecule has 0 aliphatic rings. The molecule has 35 valence electrons. The van der Waals surface area contributed by atoms with Gasteiger partial charge in [0.25, 0.3) is 0 Å². The Morgan fingerprint density at radius 3 is 2.00 bits per heavy atom. The molecule has 0 aromatic rings. The molecule has 0 rings (SSSR count). The second-order valence-corrected chi connectivity index (χ2v) is 1.12. The van der Waals surface area contributed by atoms with Gasteiger partial charge < -0.3 is 10.0 Å². The molecule has 0 aromatic heterocycles. The van der Waals surface area contributed by atoms with Crippen LogP contribution in [-0.4, -0.2) is 17.2 Å². The van der Waals surface area contributed by atoms with Crippen LogP contribution in [0.25, 0.3) is 0 Å². The average Bonchev–Trinajstić information content (AvgIpc) is 1.35. The smallest absolute Gasteiger partial charge is 0.427 e. The van der Waals surface area contributed by atoms with Gasteiger partial charge in [-0.15, -0.1) is 0 Å². The highest BCUT2D eigenvalue weighted by Crippen LogP contribution is 1.86. The van der Waals surface area contributed by atoms with E-state index >= 15 is 0 Å². The van der Waals surface area contributed by atoms with Crippen molar-refractivity contribution in [1.82, 2.24) is 0 Å². The van der Waals surface area contributed by atoms with Crippen LogP contribution in [0.2, 0.25) is 6.32 Å². The van der Waals surface area contributed by atoms with Gasteiger partial charge in [-0.1, -0.05) is 13.3 Å². The van der Waals surface area contributed by atoms with Crippen LogP contribution in [0.4, 0.5) is 0 Å². The standard InChI is InChI=1S/C3H8BO2/c1-2-3-4(5)6/h5-6H,1-3H2. The Morgan fingerprint density at radius 1 is 1.50 bits per heavy atom. The van der Waals surface area contributed by atoms with Crippen LogP contribution in [0.15, 0.2) is 0 Å². The Labute approximate surface area is 38.0 Å². The van der Waals surface area contributed by atoms with Gasteiger partial charge in [-0.3, -0.25) is 0 Å². The molecule has 0 saturated heterocycles. The largest absolute Gasteiger partial charge is 0.451 e. The zero-order valence-corrected chi connectivity index (χ0v) is 3.59. The predicted octanol–water partition coefficient (Wildman–Crippen LogP) is -0.317. The molecular formula is C3H8BO2. The number of rotatable bonds is 2. The highest BCUT2D eigenvalue weighted by atomic mass is 16.4. The van der Waals surface area contributed by atoms with E-state index in [4.69, 9.17) is 10.0 Å². The Kier molecular flexibility index (Phi) is 3.18. The van der Waals surface area contributed by atoms with Crippen molar-refractivity contribution in [2.24, 2.45) is 0 Å². The van der Waals surface area contributed by atoms with E-state index in [0.717, 1.165) is 0 Å². The SMILES string of the molecule is [CH2]CCB(O)O. The zero-order chi connectivity index (χ0) is 4.99. The maximum atomic E-state index is 8.07. The Morgan fingerprint density at radius 2 is 2.00 bits per heavy atom. The van der Waals surface area contributed by atoms with Crippen LogP contribution in [0.1, 0.15) is 6.42 Å². The molecule has 0 bridgehead atoms. The first-order valence-electron chi connectivity index (χ1n) is 1.92. The van der Waals surface area contributed by atoms with Gasteiger partial charge in [0.1, 0.15) is 0 Å². The fourth-order valence-corrected chi connectivity index (χ4v) is 0.183. The van der Waals surface area contributed by atoms with Crippen molar-refractivity contribution in [3.05, 3.63) is 6.92 Å². The van der Waals surface area contributed by atoms with Crippen molar-refractivity contribution in [3.63, 3.8) is 0 Å². The minimum absolute atomic E-state index is 0.375. The lowest BCUT2D eigenvalue weighted by Crippen LogP contribution is -2.08. The molecule has 0 atom stereocenters. The van der Waals surface area contributed by atoms with Gasteiger partial charge in [-0.25, -0.2) is 0 Å². The lowest BCUT2D eigenvalue weighted by Gasteiger charge is -1.87. The van der Waals surface area contributed by atoms with Crippen LogP contribution in [0.5, 0.6) is 0 Å². The van der Waals surface area contributed by atoms with E-state index in [1.807, 2.05) is 0 Å². The van der Waals surface area contributed by atoms with E-state index < -0.39 is 7.12 Å². The van der Waals surface area contributed by atoms with Gasteiger partial charge in [0.2, 0.25) is 0 Å².